The number of halogens is 1. The average Bonchev–Trinajstić information content (AvgIpc) is 3.32. The van der Waals surface area contributed by atoms with Crippen LogP contribution in [-0.2, 0) is 0 Å². The zero-order valence-corrected chi connectivity index (χ0v) is 15.9. The van der Waals surface area contributed by atoms with Crippen molar-refractivity contribution in [3.8, 4) is 21.2 Å². The molecule has 3 aromatic heterocycles. The lowest BCUT2D eigenvalue weighted by Gasteiger charge is -2.08. The molecule has 140 valence electrons. The molecule has 4 rings (SSSR count). The van der Waals surface area contributed by atoms with Crippen LogP contribution in [0.3, 0.4) is 0 Å². The van der Waals surface area contributed by atoms with E-state index in [1.54, 1.807) is 31.3 Å². The van der Waals surface area contributed by atoms with Crippen LogP contribution < -0.4 is 5.32 Å². The van der Waals surface area contributed by atoms with Crippen molar-refractivity contribution < 1.29 is 13.6 Å². The lowest BCUT2D eigenvalue weighted by Crippen LogP contribution is -2.16. The van der Waals surface area contributed by atoms with Crippen LogP contribution in [0.15, 0.2) is 53.4 Å². The number of thiophene rings is 1. The summed E-state index contributed by atoms with van der Waals surface area (Å²) in [5.74, 6) is -0.266. The number of benzene rings is 1. The van der Waals surface area contributed by atoms with Crippen molar-refractivity contribution in [2.45, 2.75) is 13.8 Å². The average molecular weight is 394 g/mol. The Morgan fingerprint density at radius 2 is 2.04 bits per heavy atom. The quantitative estimate of drug-likeness (QED) is 0.534. The molecule has 0 aliphatic carbocycles. The van der Waals surface area contributed by atoms with Gasteiger partial charge in [-0.3, -0.25) is 4.79 Å². The number of aromatic nitrogens is 3. The Morgan fingerprint density at radius 3 is 2.71 bits per heavy atom. The summed E-state index contributed by atoms with van der Waals surface area (Å²) in [6.07, 6.45) is 2.96. The van der Waals surface area contributed by atoms with Gasteiger partial charge in [0.25, 0.3) is 11.8 Å². The molecule has 0 aliphatic heterocycles. The van der Waals surface area contributed by atoms with Crippen LogP contribution in [0.1, 0.15) is 21.5 Å². The van der Waals surface area contributed by atoms with Crippen molar-refractivity contribution in [3.05, 3.63) is 71.5 Å². The molecule has 0 fully saturated rings. The number of nitrogens with zero attached hydrogens (tertiary/aromatic N) is 3. The van der Waals surface area contributed by atoms with E-state index in [2.05, 4.69) is 20.5 Å². The van der Waals surface area contributed by atoms with Gasteiger partial charge in [-0.2, -0.15) is 0 Å². The van der Waals surface area contributed by atoms with Crippen molar-refractivity contribution in [3.63, 3.8) is 0 Å². The zero-order chi connectivity index (χ0) is 19.7. The van der Waals surface area contributed by atoms with E-state index in [0.29, 0.717) is 17.3 Å². The number of aryl methyl sites for hydroxylation is 2. The molecule has 0 bridgehead atoms. The Labute approximate surface area is 164 Å². The van der Waals surface area contributed by atoms with E-state index in [9.17, 15) is 9.18 Å². The molecule has 1 N–H and O–H groups in total. The fourth-order valence-corrected chi connectivity index (χ4v) is 3.95. The van der Waals surface area contributed by atoms with E-state index in [-0.39, 0.29) is 5.56 Å². The molecule has 0 spiro atoms. The van der Waals surface area contributed by atoms with Crippen molar-refractivity contribution >= 4 is 23.1 Å². The number of carbonyl (C=O) groups excluding carboxylic acids is 1. The first kappa shape index (κ1) is 18.0. The molecule has 0 atom stereocenters. The van der Waals surface area contributed by atoms with Gasteiger partial charge in [-0.25, -0.2) is 9.37 Å². The molecule has 3 heterocycles. The number of anilines is 1. The van der Waals surface area contributed by atoms with Crippen LogP contribution in [0.4, 0.5) is 10.2 Å². The third-order valence-corrected chi connectivity index (χ3v) is 5.48. The largest absolute Gasteiger partial charge is 0.423 e. The fraction of sp³-hybridized carbons (Fsp3) is 0.100. The molecule has 0 saturated heterocycles. The van der Waals surface area contributed by atoms with Crippen molar-refractivity contribution in [2.75, 3.05) is 5.32 Å². The summed E-state index contributed by atoms with van der Waals surface area (Å²) in [4.78, 5) is 18.6. The van der Waals surface area contributed by atoms with E-state index in [1.165, 1.54) is 23.8 Å². The van der Waals surface area contributed by atoms with Gasteiger partial charge in [-0.05, 0) is 49.2 Å². The summed E-state index contributed by atoms with van der Waals surface area (Å²) in [5.41, 5.74) is 2.54. The van der Waals surface area contributed by atoms with Gasteiger partial charge in [0.15, 0.2) is 0 Å². The highest BCUT2D eigenvalue weighted by Crippen LogP contribution is 2.37. The summed E-state index contributed by atoms with van der Waals surface area (Å²) in [6.45, 7) is 3.68. The van der Waals surface area contributed by atoms with Crippen molar-refractivity contribution in [1.29, 1.82) is 0 Å². The zero-order valence-electron chi connectivity index (χ0n) is 15.1. The molecule has 1 amide bonds. The Balaban J connectivity index is 1.56. The first-order valence-corrected chi connectivity index (χ1v) is 9.24. The SMILES string of the molecule is Cc1cc(-c2nnco2)sc1-c1ccc(NC(=O)c2c(C)cccc2F)nc1. The summed E-state index contributed by atoms with van der Waals surface area (Å²) in [6, 6.07) is 10.0. The Morgan fingerprint density at radius 1 is 1.18 bits per heavy atom. The molecule has 4 aromatic rings. The molecule has 0 aliphatic rings. The second kappa shape index (κ2) is 7.32. The first-order chi connectivity index (χ1) is 13.5. The van der Waals surface area contributed by atoms with Crippen LogP contribution >= 0.6 is 11.3 Å². The standard InChI is InChI=1S/C20H15FN4O2S/c1-11-4-3-5-14(21)17(11)19(26)24-16-7-6-13(9-22-16)18-12(2)8-15(28-18)20-25-23-10-27-20/h3-10H,1-2H3,(H,22,24,26). The minimum atomic E-state index is -0.558. The molecule has 0 unspecified atom stereocenters. The summed E-state index contributed by atoms with van der Waals surface area (Å²) in [7, 11) is 0. The van der Waals surface area contributed by atoms with Crippen molar-refractivity contribution in [2.24, 2.45) is 0 Å². The van der Waals surface area contributed by atoms with Crippen LogP contribution in [0.25, 0.3) is 21.2 Å². The third kappa shape index (κ3) is 3.41. The second-order valence-electron chi connectivity index (χ2n) is 6.18. The molecule has 28 heavy (non-hydrogen) atoms. The summed E-state index contributed by atoms with van der Waals surface area (Å²) in [5, 5.41) is 10.3. The Kier molecular flexibility index (Phi) is 4.70. The van der Waals surface area contributed by atoms with Gasteiger partial charge >= 0.3 is 0 Å². The maximum Gasteiger partial charge on any atom is 0.260 e. The van der Waals surface area contributed by atoms with E-state index < -0.39 is 11.7 Å². The molecule has 8 heteroatoms. The highest BCUT2D eigenvalue weighted by atomic mass is 32.1. The number of pyridine rings is 1. The summed E-state index contributed by atoms with van der Waals surface area (Å²) < 4.78 is 19.2. The predicted octanol–water partition coefficient (Wildman–Crippen LogP) is 4.87. The Hall–Kier alpha value is -3.39. The van der Waals surface area contributed by atoms with Gasteiger partial charge < -0.3 is 9.73 Å². The van der Waals surface area contributed by atoms with Gasteiger partial charge in [0.2, 0.25) is 6.39 Å². The van der Waals surface area contributed by atoms with Crippen LogP contribution in [0.2, 0.25) is 0 Å². The number of hydrogen-bond acceptors (Lipinski definition) is 6. The van der Waals surface area contributed by atoms with E-state index in [0.717, 1.165) is 20.9 Å². The summed E-state index contributed by atoms with van der Waals surface area (Å²) >= 11 is 1.52. The predicted molar refractivity (Wildman–Crippen MR) is 105 cm³/mol. The lowest BCUT2D eigenvalue weighted by atomic mass is 10.1. The minimum absolute atomic E-state index is 0.0201. The number of hydrogen-bond donors (Lipinski definition) is 1. The third-order valence-electron chi connectivity index (χ3n) is 4.20. The van der Waals surface area contributed by atoms with Gasteiger partial charge in [-0.1, -0.05) is 12.1 Å². The van der Waals surface area contributed by atoms with Crippen LogP contribution in [-0.4, -0.2) is 21.1 Å². The number of rotatable bonds is 4. The van der Waals surface area contributed by atoms with Gasteiger partial charge in [0.1, 0.15) is 11.6 Å². The second-order valence-corrected chi connectivity index (χ2v) is 7.24. The van der Waals surface area contributed by atoms with Crippen molar-refractivity contribution in [1.82, 2.24) is 15.2 Å². The highest BCUT2D eigenvalue weighted by Gasteiger charge is 2.16. The minimum Gasteiger partial charge on any atom is -0.423 e. The maximum atomic E-state index is 14.0. The molecular weight excluding hydrogens is 379 g/mol. The fourth-order valence-electron chi connectivity index (χ4n) is 2.85. The Bertz CT molecular complexity index is 1120. The number of amides is 1. The monoisotopic (exact) mass is 394 g/mol. The maximum absolute atomic E-state index is 14.0. The van der Waals surface area contributed by atoms with Crippen LogP contribution in [0.5, 0.6) is 0 Å². The molecule has 1 aromatic carbocycles. The molecular formula is C20H15FN4O2S. The van der Waals surface area contributed by atoms with E-state index in [1.807, 2.05) is 19.1 Å². The molecule has 6 nitrogen and oxygen atoms in total. The molecule has 0 saturated carbocycles. The van der Waals surface area contributed by atoms with E-state index in [4.69, 9.17) is 4.42 Å². The number of nitrogens with one attached hydrogen (secondary N) is 1. The van der Waals surface area contributed by atoms with Gasteiger partial charge in [0.05, 0.1) is 10.4 Å². The smallest absolute Gasteiger partial charge is 0.260 e. The highest BCUT2D eigenvalue weighted by molar-refractivity contribution is 7.19. The topological polar surface area (TPSA) is 80.9 Å². The van der Waals surface area contributed by atoms with Gasteiger partial charge in [0, 0.05) is 16.6 Å². The first-order valence-electron chi connectivity index (χ1n) is 8.43. The normalized spacial score (nSPS) is 10.8. The molecule has 0 radical (unpaired) electrons. The lowest BCUT2D eigenvalue weighted by molar-refractivity contribution is 0.102. The van der Waals surface area contributed by atoms with Gasteiger partial charge in [-0.15, -0.1) is 21.5 Å². The van der Waals surface area contributed by atoms with Crippen LogP contribution in [0, 0.1) is 19.7 Å². The van der Waals surface area contributed by atoms with E-state index >= 15 is 0 Å². The number of carbonyl (C=O) groups is 1.